The van der Waals surface area contributed by atoms with Crippen LogP contribution in [0, 0.1) is 7.14 Å². The lowest BCUT2D eigenvalue weighted by Crippen LogP contribution is -2.23. The van der Waals surface area contributed by atoms with E-state index in [4.69, 9.17) is 4.74 Å². The van der Waals surface area contributed by atoms with E-state index in [1.165, 1.54) is 23.8 Å². The number of aliphatic imine (C=N–C) groups is 1. The molecule has 1 saturated heterocycles. The second-order valence-electron chi connectivity index (χ2n) is 4.66. The van der Waals surface area contributed by atoms with Gasteiger partial charge in [-0.05, 0) is 80.7 Å². The molecule has 1 amide bonds. The smallest absolute Gasteiger partial charge is 0.343 e. The Morgan fingerprint density at radius 2 is 2.00 bits per heavy atom. The number of benzene rings is 1. The van der Waals surface area contributed by atoms with Crippen LogP contribution in [0.5, 0.6) is 5.75 Å². The van der Waals surface area contributed by atoms with Gasteiger partial charge in [0.05, 0.1) is 19.2 Å². The number of carbonyl (C=O) groups is 2. The maximum atomic E-state index is 12.2. The second-order valence-corrected chi connectivity index (χ2v) is 7.99. The van der Waals surface area contributed by atoms with Gasteiger partial charge >= 0.3 is 5.97 Å². The highest BCUT2D eigenvalue weighted by Gasteiger charge is 2.29. The van der Waals surface area contributed by atoms with Crippen LogP contribution in [-0.2, 0) is 14.3 Å². The number of amidine groups is 1. The number of esters is 1. The van der Waals surface area contributed by atoms with Gasteiger partial charge in [0.25, 0.3) is 5.91 Å². The Hall–Kier alpha value is -0.820. The second kappa shape index (κ2) is 8.52. The number of hydrogen-bond acceptors (Lipinski definition) is 6. The van der Waals surface area contributed by atoms with Gasteiger partial charge in [-0.15, -0.1) is 0 Å². The molecule has 0 unspecified atom stereocenters. The van der Waals surface area contributed by atoms with Crippen molar-refractivity contribution in [3.05, 3.63) is 29.7 Å². The number of hydrogen-bond donors (Lipinski definition) is 0. The van der Waals surface area contributed by atoms with Crippen molar-refractivity contribution in [1.29, 1.82) is 0 Å². The maximum Gasteiger partial charge on any atom is 0.343 e. The van der Waals surface area contributed by atoms with Gasteiger partial charge < -0.3 is 9.47 Å². The van der Waals surface area contributed by atoms with E-state index in [2.05, 4.69) is 54.9 Å². The molecule has 9 heteroatoms. The molecule has 0 radical (unpaired) electrons. The first-order valence-electron chi connectivity index (χ1n) is 6.70. The van der Waals surface area contributed by atoms with E-state index in [0.29, 0.717) is 15.8 Å². The van der Waals surface area contributed by atoms with Crippen LogP contribution in [0.2, 0.25) is 0 Å². The summed E-state index contributed by atoms with van der Waals surface area (Å²) >= 11 is 5.63. The Balaban J connectivity index is 2.26. The summed E-state index contributed by atoms with van der Waals surface area (Å²) in [6.45, 7) is -0.140. The monoisotopic (exact) mass is 572 g/mol. The molecule has 2 rings (SSSR count). The summed E-state index contributed by atoms with van der Waals surface area (Å²) in [4.78, 5) is 29.6. The number of carbonyl (C=O) groups excluding carboxylic acids is 2. The normalized spacial score (nSPS) is 17.7. The summed E-state index contributed by atoms with van der Waals surface area (Å²) in [6, 6.07) is 3.80. The Bertz CT molecular complexity index is 726. The molecule has 1 heterocycles. The highest BCUT2D eigenvalue weighted by Crippen LogP contribution is 2.34. The third kappa shape index (κ3) is 4.42. The molecule has 1 aliphatic rings. The first-order chi connectivity index (χ1) is 11.4. The van der Waals surface area contributed by atoms with E-state index in [-0.39, 0.29) is 12.5 Å². The van der Waals surface area contributed by atoms with Crippen LogP contribution in [0.3, 0.4) is 0 Å². The fourth-order valence-electron chi connectivity index (χ4n) is 1.89. The van der Waals surface area contributed by atoms with Crippen LogP contribution in [0.4, 0.5) is 0 Å². The SMILES string of the molecule is CN=C1S/C(=C\c2cc(I)c(OCC(=O)OC)c(I)c2)C(=O)N1C. The third-order valence-electron chi connectivity index (χ3n) is 3.08. The molecule has 0 N–H and O–H groups in total. The molecule has 0 bridgehead atoms. The molecule has 0 saturated carbocycles. The quantitative estimate of drug-likeness (QED) is 0.316. The lowest BCUT2D eigenvalue weighted by molar-refractivity contribution is -0.143. The topological polar surface area (TPSA) is 68.2 Å². The molecule has 1 aliphatic heterocycles. The molecular weight excluding hydrogens is 558 g/mol. The molecule has 24 heavy (non-hydrogen) atoms. The zero-order chi connectivity index (χ0) is 17.9. The number of halogens is 2. The number of thioether (sulfide) groups is 1. The highest BCUT2D eigenvalue weighted by molar-refractivity contribution is 14.1. The molecule has 128 valence electrons. The summed E-state index contributed by atoms with van der Waals surface area (Å²) in [7, 11) is 4.68. The molecule has 1 aromatic carbocycles. The van der Waals surface area contributed by atoms with E-state index >= 15 is 0 Å². The fraction of sp³-hybridized carbons (Fsp3) is 0.267. The standard InChI is InChI=1S/C15H14I2N2O4S/c1-18-15-19(2)14(21)11(24-15)6-8-4-9(16)13(10(17)5-8)23-7-12(20)22-3/h4-6H,7H2,1-3H3/b11-6-,18-15?. The molecule has 0 aromatic heterocycles. The lowest BCUT2D eigenvalue weighted by atomic mass is 10.2. The van der Waals surface area contributed by atoms with E-state index in [1.54, 1.807) is 14.1 Å². The molecule has 1 fully saturated rings. The van der Waals surface area contributed by atoms with Crippen molar-refractivity contribution < 1.29 is 19.1 Å². The first kappa shape index (κ1) is 19.5. The Labute approximate surface area is 171 Å². The van der Waals surface area contributed by atoms with Crippen molar-refractivity contribution in [2.24, 2.45) is 4.99 Å². The Morgan fingerprint density at radius 3 is 2.50 bits per heavy atom. The minimum atomic E-state index is -0.435. The van der Waals surface area contributed by atoms with Gasteiger partial charge in [0.1, 0.15) is 5.75 Å². The number of methoxy groups -OCH3 is 1. The van der Waals surface area contributed by atoms with Gasteiger partial charge in [-0.3, -0.25) is 14.7 Å². The number of amides is 1. The molecule has 1 aromatic rings. The third-order valence-corrected chi connectivity index (χ3v) is 5.83. The lowest BCUT2D eigenvalue weighted by Gasteiger charge is -2.10. The molecule has 0 atom stereocenters. The summed E-state index contributed by atoms with van der Waals surface area (Å²) in [5, 5.41) is 0.675. The van der Waals surface area contributed by atoms with Crippen LogP contribution in [0.25, 0.3) is 6.08 Å². The Morgan fingerprint density at radius 1 is 1.38 bits per heavy atom. The summed E-state index contributed by atoms with van der Waals surface area (Å²) in [5.41, 5.74) is 0.885. The molecule has 6 nitrogen and oxygen atoms in total. The highest BCUT2D eigenvalue weighted by atomic mass is 127. The van der Waals surface area contributed by atoms with Crippen molar-refractivity contribution in [2.75, 3.05) is 27.8 Å². The molecule has 0 aliphatic carbocycles. The minimum Gasteiger partial charge on any atom is -0.480 e. The van der Waals surface area contributed by atoms with Gasteiger partial charge in [0, 0.05) is 14.1 Å². The number of ether oxygens (including phenoxy) is 2. The van der Waals surface area contributed by atoms with Crippen molar-refractivity contribution in [1.82, 2.24) is 4.90 Å². The van der Waals surface area contributed by atoms with Crippen molar-refractivity contribution in [3.8, 4) is 5.75 Å². The van der Waals surface area contributed by atoms with E-state index in [9.17, 15) is 9.59 Å². The average Bonchev–Trinajstić information content (AvgIpc) is 2.81. The van der Waals surface area contributed by atoms with E-state index < -0.39 is 5.97 Å². The van der Waals surface area contributed by atoms with Crippen LogP contribution in [0.15, 0.2) is 22.0 Å². The summed E-state index contributed by atoms with van der Waals surface area (Å²) in [5.74, 6) is 0.119. The average molecular weight is 572 g/mol. The van der Waals surface area contributed by atoms with Crippen molar-refractivity contribution in [2.45, 2.75) is 0 Å². The van der Waals surface area contributed by atoms with Gasteiger partial charge in [0.2, 0.25) is 0 Å². The van der Waals surface area contributed by atoms with Crippen LogP contribution in [0.1, 0.15) is 5.56 Å². The van der Waals surface area contributed by atoms with Gasteiger partial charge in [0.15, 0.2) is 11.8 Å². The van der Waals surface area contributed by atoms with Crippen LogP contribution >= 0.6 is 56.9 Å². The maximum absolute atomic E-state index is 12.2. The molecule has 0 spiro atoms. The predicted octanol–water partition coefficient (Wildman–Crippen LogP) is 2.98. The summed E-state index contributed by atoms with van der Waals surface area (Å²) in [6.07, 6.45) is 1.83. The number of rotatable bonds is 4. The first-order valence-corrected chi connectivity index (χ1v) is 9.67. The van der Waals surface area contributed by atoms with Crippen LogP contribution in [-0.4, -0.2) is 49.8 Å². The largest absolute Gasteiger partial charge is 0.480 e. The summed E-state index contributed by atoms with van der Waals surface area (Å²) < 4.78 is 11.8. The Kier molecular flexibility index (Phi) is 6.92. The zero-order valence-electron chi connectivity index (χ0n) is 13.1. The van der Waals surface area contributed by atoms with Crippen molar-refractivity contribution in [3.63, 3.8) is 0 Å². The van der Waals surface area contributed by atoms with E-state index in [0.717, 1.165) is 12.7 Å². The minimum absolute atomic E-state index is 0.0726. The van der Waals surface area contributed by atoms with E-state index in [1.807, 2.05) is 18.2 Å². The van der Waals surface area contributed by atoms with Gasteiger partial charge in [-0.1, -0.05) is 0 Å². The molecular formula is C15H14I2N2O4S. The number of nitrogens with zero attached hydrogens (tertiary/aromatic N) is 2. The van der Waals surface area contributed by atoms with Gasteiger partial charge in [-0.25, -0.2) is 4.79 Å². The van der Waals surface area contributed by atoms with Crippen LogP contribution < -0.4 is 4.74 Å². The zero-order valence-corrected chi connectivity index (χ0v) is 18.3. The number of likely N-dealkylation sites (N-methyl/N-ethyl adjacent to an activating group) is 1. The van der Waals surface area contributed by atoms with Gasteiger partial charge in [-0.2, -0.15) is 0 Å². The van der Waals surface area contributed by atoms with Crippen molar-refractivity contribution >= 4 is 80.1 Å². The fourth-order valence-corrected chi connectivity index (χ4v) is 4.95. The predicted molar refractivity (Wildman–Crippen MR) is 111 cm³/mol.